The van der Waals surface area contributed by atoms with E-state index >= 15 is 0 Å². The normalized spacial score (nSPS) is 16.0. The Bertz CT molecular complexity index is 1390. The number of H-pyrrole nitrogens is 1. The molecule has 0 saturated carbocycles. The first-order valence-electron chi connectivity index (χ1n) is 14.4. The standard InChI is InChI=1S/C28H39N9O8/c1-6-15(2)23(32-24(41)17(12-22(39)40)31-27(44)45-28(3,4)5)26(43)30-14-21(38)37-18-10-8-7-9-16(18)11-19(37)25(42)29-13-20-33-35-36-34-20/h7-10,15,17,19,23H,6,11-14H2,1-5H3,(H,29,42)(H,30,43)(H,31,44)(H,32,41)(H,39,40)(H,33,34,35,36)/t15-,17-,19?,23-/m0/s1. The zero-order chi connectivity index (χ0) is 33.3. The van der Waals surface area contributed by atoms with Gasteiger partial charge in [-0.25, -0.2) is 4.79 Å². The molecule has 1 aromatic carbocycles. The number of benzene rings is 1. The maximum absolute atomic E-state index is 13.5. The molecule has 1 unspecified atom stereocenters. The quantitative estimate of drug-likeness (QED) is 0.169. The molecule has 2 heterocycles. The molecule has 4 atom stereocenters. The lowest BCUT2D eigenvalue weighted by molar-refractivity contribution is -0.140. The molecule has 0 bridgehead atoms. The Kier molecular flexibility index (Phi) is 11.5. The number of amides is 5. The van der Waals surface area contributed by atoms with Crippen LogP contribution in [0.1, 0.15) is 58.8 Å². The number of aromatic nitrogens is 4. The predicted octanol–water partition coefficient (Wildman–Crippen LogP) is -0.211. The number of carbonyl (C=O) groups excluding carboxylic acids is 5. The number of carboxylic acids is 1. The number of fused-ring (bicyclic) bond motifs is 1. The third-order valence-corrected chi connectivity index (χ3v) is 6.95. The zero-order valence-electron chi connectivity index (χ0n) is 25.7. The van der Waals surface area contributed by atoms with Crippen LogP contribution in [0.2, 0.25) is 0 Å². The Morgan fingerprint density at radius 3 is 2.42 bits per heavy atom. The second-order valence-electron chi connectivity index (χ2n) is 11.5. The molecular formula is C28H39N9O8. The Labute approximate surface area is 259 Å². The first kappa shape index (κ1) is 34.4. The van der Waals surface area contributed by atoms with Crippen LogP contribution in [0.3, 0.4) is 0 Å². The van der Waals surface area contributed by atoms with Crippen LogP contribution in [0.25, 0.3) is 0 Å². The fourth-order valence-electron chi connectivity index (χ4n) is 4.59. The Hall–Kier alpha value is -5.09. The third kappa shape index (κ3) is 9.70. The molecule has 17 nitrogen and oxygen atoms in total. The van der Waals surface area contributed by atoms with Crippen molar-refractivity contribution >= 4 is 41.4 Å². The summed E-state index contributed by atoms with van der Waals surface area (Å²) in [4.78, 5) is 78.0. The van der Waals surface area contributed by atoms with Gasteiger partial charge in [-0.2, -0.15) is 5.21 Å². The molecule has 0 spiro atoms. The first-order chi connectivity index (χ1) is 21.2. The minimum Gasteiger partial charge on any atom is -0.481 e. The fraction of sp³-hybridized carbons (Fsp3) is 0.536. The number of rotatable bonds is 13. The highest BCUT2D eigenvalue weighted by Crippen LogP contribution is 2.32. The molecule has 0 fully saturated rings. The molecule has 0 saturated heterocycles. The van der Waals surface area contributed by atoms with E-state index in [1.54, 1.807) is 58.9 Å². The van der Waals surface area contributed by atoms with Gasteiger partial charge in [0.15, 0.2) is 5.82 Å². The molecule has 17 heteroatoms. The molecule has 3 rings (SSSR count). The number of aliphatic carboxylic acids is 1. The van der Waals surface area contributed by atoms with E-state index in [0.717, 1.165) is 5.56 Å². The molecule has 45 heavy (non-hydrogen) atoms. The highest BCUT2D eigenvalue weighted by Gasteiger charge is 2.39. The van der Waals surface area contributed by atoms with Gasteiger partial charge in [0.2, 0.25) is 23.6 Å². The van der Waals surface area contributed by atoms with Gasteiger partial charge < -0.3 is 31.1 Å². The van der Waals surface area contributed by atoms with E-state index < -0.39 is 78.3 Å². The highest BCUT2D eigenvalue weighted by atomic mass is 16.6. The summed E-state index contributed by atoms with van der Waals surface area (Å²) >= 11 is 0. The number of ether oxygens (including phenoxy) is 1. The minimum absolute atomic E-state index is 0.0110. The predicted molar refractivity (Wildman–Crippen MR) is 157 cm³/mol. The van der Waals surface area contributed by atoms with Gasteiger partial charge in [-0.1, -0.05) is 43.7 Å². The summed E-state index contributed by atoms with van der Waals surface area (Å²) in [6.45, 7) is 7.79. The van der Waals surface area contributed by atoms with Crippen molar-refractivity contribution in [3.8, 4) is 0 Å². The highest BCUT2D eigenvalue weighted by molar-refractivity contribution is 6.05. The van der Waals surface area contributed by atoms with E-state index in [1.165, 1.54) is 4.90 Å². The first-order valence-corrected chi connectivity index (χ1v) is 14.4. The summed E-state index contributed by atoms with van der Waals surface area (Å²) in [6.07, 6.45) is -1.07. The van der Waals surface area contributed by atoms with Crippen molar-refractivity contribution in [1.29, 1.82) is 0 Å². The van der Waals surface area contributed by atoms with Crippen molar-refractivity contribution in [3.63, 3.8) is 0 Å². The number of nitrogens with zero attached hydrogens (tertiary/aromatic N) is 4. The fourth-order valence-corrected chi connectivity index (χ4v) is 4.59. The molecule has 0 aliphatic carbocycles. The number of aromatic amines is 1. The summed E-state index contributed by atoms with van der Waals surface area (Å²) in [5.41, 5.74) is 0.389. The maximum atomic E-state index is 13.5. The van der Waals surface area contributed by atoms with Crippen molar-refractivity contribution in [2.24, 2.45) is 5.92 Å². The number of carbonyl (C=O) groups is 6. The van der Waals surface area contributed by atoms with Crippen molar-refractivity contribution in [3.05, 3.63) is 35.7 Å². The molecular weight excluding hydrogens is 590 g/mol. The third-order valence-electron chi connectivity index (χ3n) is 6.95. The monoisotopic (exact) mass is 629 g/mol. The average molecular weight is 630 g/mol. The SMILES string of the molecule is CC[C@H](C)[C@H](NC(=O)[C@H](CC(=O)O)NC(=O)OC(C)(C)C)C(=O)NCC(=O)N1c2ccccc2CC1C(=O)NCc1nn[nH]n1. The van der Waals surface area contributed by atoms with Crippen LogP contribution in [-0.4, -0.2) is 91.7 Å². The molecule has 1 aromatic heterocycles. The van der Waals surface area contributed by atoms with Gasteiger partial charge in [-0.05, 0) is 38.3 Å². The molecule has 5 amide bonds. The van der Waals surface area contributed by atoms with Crippen LogP contribution < -0.4 is 26.2 Å². The minimum atomic E-state index is -1.54. The molecule has 2 aromatic rings. The van der Waals surface area contributed by atoms with E-state index in [9.17, 15) is 33.9 Å². The number of hydrogen-bond donors (Lipinski definition) is 6. The van der Waals surface area contributed by atoms with Crippen molar-refractivity contribution < 1.29 is 38.6 Å². The Balaban J connectivity index is 1.70. The average Bonchev–Trinajstić information content (AvgIpc) is 3.63. The summed E-state index contributed by atoms with van der Waals surface area (Å²) < 4.78 is 5.14. The maximum Gasteiger partial charge on any atom is 0.408 e. The topological polar surface area (TPSA) is 238 Å². The lowest BCUT2D eigenvalue weighted by atomic mass is 9.97. The van der Waals surface area contributed by atoms with Gasteiger partial charge in [0.05, 0.1) is 19.5 Å². The number of carboxylic acid groups (broad SMARTS) is 1. The van der Waals surface area contributed by atoms with E-state index in [-0.39, 0.29) is 18.8 Å². The van der Waals surface area contributed by atoms with Crippen LogP contribution in [0.4, 0.5) is 10.5 Å². The molecule has 244 valence electrons. The van der Waals surface area contributed by atoms with Crippen LogP contribution in [0, 0.1) is 5.92 Å². The van der Waals surface area contributed by atoms with Gasteiger partial charge in [0, 0.05) is 12.1 Å². The lowest BCUT2D eigenvalue weighted by Gasteiger charge is -2.28. The van der Waals surface area contributed by atoms with Crippen molar-refractivity contribution in [1.82, 2.24) is 41.9 Å². The summed E-state index contributed by atoms with van der Waals surface area (Å²) in [6, 6.07) is 3.40. The Morgan fingerprint density at radius 2 is 1.80 bits per heavy atom. The smallest absolute Gasteiger partial charge is 0.408 e. The second-order valence-corrected chi connectivity index (χ2v) is 11.5. The van der Waals surface area contributed by atoms with E-state index in [0.29, 0.717) is 12.1 Å². The number of anilines is 1. The summed E-state index contributed by atoms with van der Waals surface area (Å²) in [5, 5.41) is 32.6. The second kappa shape index (κ2) is 15.1. The lowest BCUT2D eigenvalue weighted by Crippen LogP contribution is -2.57. The largest absolute Gasteiger partial charge is 0.481 e. The van der Waals surface area contributed by atoms with Gasteiger partial charge in [-0.3, -0.25) is 28.9 Å². The molecule has 1 aliphatic rings. The van der Waals surface area contributed by atoms with Crippen LogP contribution in [0.15, 0.2) is 24.3 Å². The Morgan fingerprint density at radius 1 is 1.09 bits per heavy atom. The van der Waals surface area contributed by atoms with Crippen molar-refractivity contribution in [2.45, 2.75) is 84.2 Å². The van der Waals surface area contributed by atoms with Gasteiger partial charge >= 0.3 is 12.1 Å². The number of tetrazole rings is 1. The van der Waals surface area contributed by atoms with Crippen molar-refractivity contribution in [2.75, 3.05) is 11.4 Å². The summed E-state index contributed by atoms with van der Waals surface area (Å²) in [5.74, 6) is -4.19. The van der Waals surface area contributed by atoms with Crippen LogP contribution >= 0.6 is 0 Å². The van der Waals surface area contributed by atoms with E-state index in [1.807, 2.05) is 0 Å². The molecule has 1 aliphatic heterocycles. The van der Waals surface area contributed by atoms with Gasteiger partial charge in [0.1, 0.15) is 23.7 Å². The van der Waals surface area contributed by atoms with Crippen LogP contribution in [0.5, 0.6) is 0 Å². The van der Waals surface area contributed by atoms with Crippen LogP contribution in [-0.2, 0) is 41.7 Å². The van der Waals surface area contributed by atoms with Gasteiger partial charge in [-0.15, -0.1) is 10.2 Å². The van der Waals surface area contributed by atoms with Gasteiger partial charge in [0.25, 0.3) is 0 Å². The number of para-hydroxylation sites is 1. The van der Waals surface area contributed by atoms with E-state index in [2.05, 4.69) is 41.9 Å². The number of hydrogen-bond acceptors (Lipinski definition) is 10. The molecule has 6 N–H and O–H groups in total. The summed E-state index contributed by atoms with van der Waals surface area (Å²) in [7, 11) is 0. The molecule has 0 radical (unpaired) electrons. The number of alkyl carbamates (subject to hydrolysis) is 1. The van der Waals surface area contributed by atoms with E-state index in [4.69, 9.17) is 4.74 Å². The number of nitrogens with one attached hydrogen (secondary N) is 5. The zero-order valence-corrected chi connectivity index (χ0v) is 25.7.